The SMILES string of the molecule is CN(CC(N)=O)CC1CCCCN1. The Balaban J connectivity index is 2.18. The smallest absolute Gasteiger partial charge is 0.231 e. The van der Waals surface area contributed by atoms with Gasteiger partial charge in [-0.05, 0) is 26.4 Å². The van der Waals surface area contributed by atoms with E-state index in [9.17, 15) is 4.79 Å². The van der Waals surface area contributed by atoms with Gasteiger partial charge in [-0.1, -0.05) is 6.42 Å². The summed E-state index contributed by atoms with van der Waals surface area (Å²) >= 11 is 0. The molecule has 4 nitrogen and oxygen atoms in total. The zero-order valence-electron chi connectivity index (χ0n) is 8.25. The van der Waals surface area contributed by atoms with Crippen molar-refractivity contribution in [2.45, 2.75) is 25.3 Å². The van der Waals surface area contributed by atoms with E-state index in [1.807, 2.05) is 11.9 Å². The zero-order valence-corrected chi connectivity index (χ0v) is 8.25. The highest BCUT2D eigenvalue weighted by atomic mass is 16.1. The first kappa shape index (κ1) is 10.5. The van der Waals surface area contributed by atoms with Crippen LogP contribution >= 0.6 is 0 Å². The van der Waals surface area contributed by atoms with E-state index in [0.29, 0.717) is 12.6 Å². The van der Waals surface area contributed by atoms with E-state index in [-0.39, 0.29) is 5.91 Å². The first-order valence-electron chi connectivity index (χ1n) is 4.88. The van der Waals surface area contributed by atoms with Gasteiger partial charge in [0.2, 0.25) is 5.91 Å². The molecule has 1 saturated heterocycles. The molecule has 1 amide bonds. The van der Waals surface area contributed by atoms with Gasteiger partial charge in [0.05, 0.1) is 6.54 Å². The lowest BCUT2D eigenvalue weighted by Gasteiger charge is -2.27. The number of hydrogen-bond donors (Lipinski definition) is 2. The molecule has 1 unspecified atom stereocenters. The standard InChI is InChI=1S/C9H19N3O/c1-12(7-9(10)13)6-8-4-2-3-5-11-8/h8,11H,2-7H2,1H3,(H2,10,13). The van der Waals surface area contributed by atoms with Crippen molar-refractivity contribution >= 4 is 5.91 Å². The second-order valence-electron chi connectivity index (χ2n) is 3.81. The Morgan fingerprint density at radius 2 is 2.38 bits per heavy atom. The average Bonchev–Trinajstić information content (AvgIpc) is 2.04. The number of amides is 1. The summed E-state index contributed by atoms with van der Waals surface area (Å²) in [6.07, 6.45) is 3.78. The van der Waals surface area contributed by atoms with Crippen LogP contribution in [-0.2, 0) is 4.79 Å². The number of piperidine rings is 1. The Bertz CT molecular complexity index is 166. The van der Waals surface area contributed by atoms with E-state index < -0.39 is 0 Å². The highest BCUT2D eigenvalue weighted by molar-refractivity contribution is 5.75. The number of primary amides is 1. The van der Waals surface area contributed by atoms with Crippen molar-refractivity contribution in [2.24, 2.45) is 5.73 Å². The number of nitrogens with one attached hydrogen (secondary N) is 1. The average molecular weight is 185 g/mol. The molecule has 0 aromatic heterocycles. The first-order chi connectivity index (χ1) is 6.18. The number of carbonyl (C=O) groups is 1. The Morgan fingerprint density at radius 1 is 1.62 bits per heavy atom. The second kappa shape index (κ2) is 5.19. The van der Waals surface area contributed by atoms with Gasteiger partial charge in [-0.2, -0.15) is 0 Å². The van der Waals surface area contributed by atoms with Crippen molar-refractivity contribution in [1.82, 2.24) is 10.2 Å². The number of carbonyl (C=O) groups excluding carboxylic acids is 1. The molecule has 4 heteroatoms. The largest absolute Gasteiger partial charge is 0.369 e. The normalized spacial score (nSPS) is 23.4. The summed E-state index contributed by atoms with van der Waals surface area (Å²) < 4.78 is 0. The molecule has 13 heavy (non-hydrogen) atoms. The molecule has 0 aromatic rings. The van der Waals surface area contributed by atoms with Crippen molar-refractivity contribution in [1.29, 1.82) is 0 Å². The molecule has 1 aliphatic heterocycles. The van der Waals surface area contributed by atoms with Crippen LogP contribution in [0.25, 0.3) is 0 Å². The molecule has 0 aliphatic carbocycles. The summed E-state index contributed by atoms with van der Waals surface area (Å²) in [5.74, 6) is -0.252. The molecule has 1 rings (SSSR count). The fraction of sp³-hybridized carbons (Fsp3) is 0.889. The van der Waals surface area contributed by atoms with Crippen molar-refractivity contribution in [2.75, 3.05) is 26.7 Å². The van der Waals surface area contributed by atoms with Crippen molar-refractivity contribution < 1.29 is 4.79 Å². The highest BCUT2D eigenvalue weighted by Gasteiger charge is 2.14. The number of likely N-dealkylation sites (N-methyl/N-ethyl adjacent to an activating group) is 1. The zero-order chi connectivity index (χ0) is 9.68. The van der Waals surface area contributed by atoms with Crippen LogP contribution < -0.4 is 11.1 Å². The van der Waals surface area contributed by atoms with Gasteiger partial charge in [-0.15, -0.1) is 0 Å². The van der Waals surface area contributed by atoms with E-state index in [1.165, 1.54) is 19.3 Å². The van der Waals surface area contributed by atoms with E-state index in [2.05, 4.69) is 5.32 Å². The van der Waals surface area contributed by atoms with Gasteiger partial charge in [0.1, 0.15) is 0 Å². The molecule has 0 bridgehead atoms. The second-order valence-corrected chi connectivity index (χ2v) is 3.81. The third-order valence-electron chi connectivity index (χ3n) is 2.37. The maximum atomic E-state index is 10.6. The minimum Gasteiger partial charge on any atom is -0.369 e. The van der Waals surface area contributed by atoms with Crippen LogP contribution in [0, 0.1) is 0 Å². The van der Waals surface area contributed by atoms with Crippen LogP contribution in [0.5, 0.6) is 0 Å². The summed E-state index contributed by atoms with van der Waals surface area (Å²) in [6.45, 7) is 2.39. The summed E-state index contributed by atoms with van der Waals surface area (Å²) in [4.78, 5) is 12.6. The van der Waals surface area contributed by atoms with Crippen molar-refractivity contribution in [3.63, 3.8) is 0 Å². The van der Waals surface area contributed by atoms with E-state index in [0.717, 1.165) is 13.1 Å². The molecule has 0 radical (unpaired) electrons. The van der Waals surface area contributed by atoms with Crippen LogP contribution in [0.3, 0.4) is 0 Å². The van der Waals surface area contributed by atoms with Crippen molar-refractivity contribution in [3.05, 3.63) is 0 Å². The number of nitrogens with two attached hydrogens (primary N) is 1. The van der Waals surface area contributed by atoms with Gasteiger partial charge in [0.25, 0.3) is 0 Å². The van der Waals surface area contributed by atoms with Gasteiger partial charge in [-0.3, -0.25) is 9.69 Å². The quantitative estimate of drug-likeness (QED) is 0.623. The lowest BCUT2D eigenvalue weighted by molar-refractivity contribution is -0.118. The number of nitrogens with zero attached hydrogens (tertiary/aromatic N) is 1. The molecule has 1 atom stereocenters. The molecular weight excluding hydrogens is 166 g/mol. The molecule has 1 heterocycles. The summed E-state index contributed by atoms with van der Waals surface area (Å²) in [5, 5.41) is 3.43. The van der Waals surface area contributed by atoms with Gasteiger partial charge < -0.3 is 11.1 Å². The highest BCUT2D eigenvalue weighted by Crippen LogP contribution is 2.07. The molecule has 0 aromatic carbocycles. The minimum atomic E-state index is -0.252. The summed E-state index contributed by atoms with van der Waals surface area (Å²) in [5.41, 5.74) is 5.10. The maximum absolute atomic E-state index is 10.6. The maximum Gasteiger partial charge on any atom is 0.231 e. The van der Waals surface area contributed by atoms with Gasteiger partial charge >= 0.3 is 0 Å². The van der Waals surface area contributed by atoms with Crippen LogP contribution in [-0.4, -0.2) is 43.5 Å². The first-order valence-corrected chi connectivity index (χ1v) is 4.88. The molecule has 3 N–H and O–H groups in total. The van der Waals surface area contributed by atoms with E-state index in [4.69, 9.17) is 5.73 Å². The van der Waals surface area contributed by atoms with Crippen LogP contribution in [0.15, 0.2) is 0 Å². The third kappa shape index (κ3) is 4.24. The van der Waals surface area contributed by atoms with Crippen molar-refractivity contribution in [3.8, 4) is 0 Å². The van der Waals surface area contributed by atoms with E-state index in [1.54, 1.807) is 0 Å². The molecule has 76 valence electrons. The summed E-state index contributed by atoms with van der Waals surface area (Å²) in [6, 6.07) is 0.540. The third-order valence-corrected chi connectivity index (χ3v) is 2.37. The molecular formula is C9H19N3O. The van der Waals surface area contributed by atoms with Crippen LogP contribution in [0.1, 0.15) is 19.3 Å². The van der Waals surface area contributed by atoms with Crippen LogP contribution in [0.4, 0.5) is 0 Å². The number of rotatable bonds is 4. The predicted octanol–water partition coefficient (Wildman–Crippen LogP) is -0.454. The predicted molar refractivity (Wildman–Crippen MR) is 52.3 cm³/mol. The topological polar surface area (TPSA) is 58.4 Å². The Morgan fingerprint density at radius 3 is 2.92 bits per heavy atom. The number of hydrogen-bond acceptors (Lipinski definition) is 3. The summed E-state index contributed by atoms with van der Waals surface area (Å²) in [7, 11) is 1.93. The van der Waals surface area contributed by atoms with Gasteiger partial charge in [-0.25, -0.2) is 0 Å². The monoisotopic (exact) mass is 185 g/mol. The fourth-order valence-corrected chi connectivity index (χ4v) is 1.79. The fourth-order valence-electron chi connectivity index (χ4n) is 1.79. The van der Waals surface area contributed by atoms with Gasteiger partial charge in [0.15, 0.2) is 0 Å². The molecule has 1 fully saturated rings. The van der Waals surface area contributed by atoms with E-state index >= 15 is 0 Å². The Kier molecular flexibility index (Phi) is 4.18. The minimum absolute atomic E-state index is 0.252. The lowest BCUT2D eigenvalue weighted by Crippen LogP contribution is -2.44. The molecule has 0 saturated carbocycles. The lowest BCUT2D eigenvalue weighted by atomic mass is 10.0. The Hall–Kier alpha value is -0.610. The van der Waals surface area contributed by atoms with Gasteiger partial charge in [0, 0.05) is 12.6 Å². The molecule has 0 spiro atoms. The molecule has 1 aliphatic rings. The Labute approximate surface area is 79.5 Å². The van der Waals surface area contributed by atoms with Crippen LogP contribution in [0.2, 0.25) is 0 Å².